The summed E-state index contributed by atoms with van der Waals surface area (Å²) in [6.45, 7) is 0. The predicted octanol–water partition coefficient (Wildman–Crippen LogP) is 5.70. The molecule has 0 unspecified atom stereocenters. The molecule has 0 bridgehead atoms. The molecule has 0 N–H and O–H groups in total. The van der Waals surface area contributed by atoms with Crippen LogP contribution in [-0.4, -0.2) is 14.6 Å². The van der Waals surface area contributed by atoms with Crippen LogP contribution in [0.25, 0.3) is 33.7 Å². The summed E-state index contributed by atoms with van der Waals surface area (Å²) >= 11 is 16.9. The van der Waals surface area contributed by atoms with Crippen molar-refractivity contribution in [3.8, 4) is 22.7 Å². The van der Waals surface area contributed by atoms with Crippen molar-refractivity contribution in [2.24, 2.45) is 0 Å². The minimum absolute atomic E-state index is 0.246. The van der Waals surface area contributed by atoms with Gasteiger partial charge in [0.15, 0.2) is 5.82 Å². The average molecular weight is 519 g/mol. The number of furan rings is 1. The van der Waals surface area contributed by atoms with Crippen LogP contribution in [0.15, 0.2) is 68.3 Å². The van der Waals surface area contributed by atoms with Crippen molar-refractivity contribution < 1.29 is 4.42 Å². The number of benzene rings is 2. The molecule has 0 aliphatic rings. The monoisotopic (exact) mass is 517 g/mol. The number of thiazole rings is 1. The van der Waals surface area contributed by atoms with Crippen LogP contribution in [-0.2, 0) is 0 Å². The van der Waals surface area contributed by atoms with Gasteiger partial charge in [-0.2, -0.15) is 9.50 Å². The molecule has 9 heteroatoms. The number of halogens is 3. The van der Waals surface area contributed by atoms with Crippen LogP contribution in [0.2, 0.25) is 10.0 Å². The fourth-order valence-corrected chi connectivity index (χ4v) is 4.48. The van der Waals surface area contributed by atoms with Gasteiger partial charge >= 0.3 is 0 Å². The summed E-state index contributed by atoms with van der Waals surface area (Å²) in [6.07, 6.45) is 1.67. The van der Waals surface area contributed by atoms with E-state index >= 15 is 0 Å². The molecule has 3 aromatic heterocycles. The second-order valence-electron chi connectivity index (χ2n) is 6.38. The highest BCUT2D eigenvalue weighted by Crippen LogP contribution is 2.32. The molecule has 0 saturated heterocycles. The van der Waals surface area contributed by atoms with E-state index in [9.17, 15) is 4.79 Å². The van der Waals surface area contributed by atoms with Gasteiger partial charge in [0.05, 0.1) is 5.02 Å². The molecule has 148 valence electrons. The van der Waals surface area contributed by atoms with Crippen LogP contribution >= 0.6 is 50.5 Å². The number of hydrogen-bond acceptors (Lipinski definition) is 5. The van der Waals surface area contributed by atoms with Gasteiger partial charge in [0, 0.05) is 26.7 Å². The van der Waals surface area contributed by atoms with E-state index in [4.69, 9.17) is 27.6 Å². The molecule has 0 aliphatic carbocycles. The Hall–Kier alpha value is -2.45. The predicted molar refractivity (Wildman–Crippen MR) is 123 cm³/mol. The normalized spacial score (nSPS) is 12.2. The molecule has 0 radical (unpaired) electrons. The minimum Gasteiger partial charge on any atom is -0.457 e. The zero-order valence-electron chi connectivity index (χ0n) is 15.0. The molecule has 0 saturated carbocycles. The second-order valence-corrected chi connectivity index (χ2v) is 9.15. The van der Waals surface area contributed by atoms with E-state index in [1.165, 1.54) is 15.9 Å². The summed E-state index contributed by atoms with van der Waals surface area (Å²) in [6, 6.07) is 16.3. The number of aromatic nitrogens is 3. The molecule has 0 fully saturated rings. The Labute approximate surface area is 192 Å². The zero-order valence-corrected chi connectivity index (χ0v) is 18.9. The smallest absolute Gasteiger partial charge is 0.291 e. The van der Waals surface area contributed by atoms with Crippen molar-refractivity contribution in [1.82, 2.24) is 14.6 Å². The van der Waals surface area contributed by atoms with Crippen LogP contribution in [0.5, 0.6) is 0 Å². The van der Waals surface area contributed by atoms with E-state index < -0.39 is 0 Å². The van der Waals surface area contributed by atoms with Gasteiger partial charge in [0.2, 0.25) is 4.96 Å². The van der Waals surface area contributed by atoms with Crippen molar-refractivity contribution >= 4 is 61.5 Å². The first kappa shape index (κ1) is 19.5. The second kappa shape index (κ2) is 7.67. The molecular formula is C21H10BrCl2N3O2S. The Morgan fingerprint density at radius 2 is 1.87 bits per heavy atom. The Kier molecular flexibility index (Phi) is 4.99. The highest BCUT2D eigenvalue weighted by atomic mass is 79.9. The lowest BCUT2D eigenvalue weighted by Crippen LogP contribution is -2.23. The lowest BCUT2D eigenvalue weighted by molar-refractivity contribution is 0.571. The number of nitrogens with zero attached hydrogens (tertiary/aromatic N) is 3. The summed E-state index contributed by atoms with van der Waals surface area (Å²) < 4.78 is 8.61. The van der Waals surface area contributed by atoms with E-state index in [0.717, 1.165) is 10.0 Å². The third kappa shape index (κ3) is 3.58. The van der Waals surface area contributed by atoms with Gasteiger partial charge in [-0.05, 0) is 42.5 Å². The third-order valence-electron chi connectivity index (χ3n) is 4.38. The summed E-state index contributed by atoms with van der Waals surface area (Å²) in [5.74, 6) is 1.60. The average Bonchev–Trinajstić information content (AvgIpc) is 3.42. The summed E-state index contributed by atoms with van der Waals surface area (Å²) in [5, 5.41) is 5.45. The minimum atomic E-state index is -0.246. The number of fused-ring (bicyclic) bond motifs is 1. The van der Waals surface area contributed by atoms with Gasteiger partial charge in [0.1, 0.15) is 16.1 Å². The molecule has 0 aliphatic heterocycles. The Morgan fingerprint density at radius 3 is 2.63 bits per heavy atom. The van der Waals surface area contributed by atoms with E-state index in [0.29, 0.717) is 42.4 Å². The number of hydrogen-bond donors (Lipinski definition) is 0. The Bertz CT molecular complexity index is 1510. The Balaban J connectivity index is 1.52. The van der Waals surface area contributed by atoms with Crippen LogP contribution in [0.4, 0.5) is 0 Å². The van der Waals surface area contributed by atoms with Crippen molar-refractivity contribution in [2.45, 2.75) is 0 Å². The molecule has 5 rings (SSSR count). The molecule has 0 atom stereocenters. The van der Waals surface area contributed by atoms with Crippen molar-refractivity contribution in [2.75, 3.05) is 0 Å². The van der Waals surface area contributed by atoms with Crippen LogP contribution in [0.3, 0.4) is 0 Å². The number of rotatable bonds is 3. The molecular weight excluding hydrogens is 509 g/mol. The maximum atomic E-state index is 12.8. The quantitative estimate of drug-likeness (QED) is 0.307. The van der Waals surface area contributed by atoms with Crippen molar-refractivity contribution in [1.29, 1.82) is 0 Å². The SMILES string of the molecule is O=c1c(=Cc2ccc(-c3cc(Cl)ccc3Cl)o2)sc2nc(-c3ccc(Br)cc3)nn12. The molecule has 5 nitrogen and oxygen atoms in total. The standard InChI is InChI=1S/C21H10BrCl2N3O2S/c22-12-3-1-11(2-4-12)19-25-21-27(26-19)20(28)18(30-21)10-14-6-8-17(29-14)15-9-13(23)5-7-16(15)24/h1-10H. The topological polar surface area (TPSA) is 60.4 Å². The van der Waals surface area contributed by atoms with Gasteiger partial charge < -0.3 is 4.42 Å². The summed E-state index contributed by atoms with van der Waals surface area (Å²) in [5.41, 5.74) is 1.28. The largest absolute Gasteiger partial charge is 0.457 e. The van der Waals surface area contributed by atoms with E-state index in [-0.39, 0.29) is 5.56 Å². The van der Waals surface area contributed by atoms with E-state index in [2.05, 4.69) is 26.0 Å². The molecule has 30 heavy (non-hydrogen) atoms. The van der Waals surface area contributed by atoms with Gasteiger partial charge in [-0.25, -0.2) is 0 Å². The van der Waals surface area contributed by atoms with Crippen LogP contribution in [0.1, 0.15) is 5.76 Å². The van der Waals surface area contributed by atoms with Gasteiger partial charge in [-0.3, -0.25) is 4.79 Å². The van der Waals surface area contributed by atoms with Gasteiger partial charge in [-0.15, -0.1) is 5.10 Å². The first-order chi connectivity index (χ1) is 14.5. The maximum Gasteiger partial charge on any atom is 0.291 e. The van der Waals surface area contributed by atoms with Gasteiger partial charge in [-0.1, -0.05) is 62.6 Å². The van der Waals surface area contributed by atoms with E-state index in [1.54, 1.807) is 36.4 Å². The Morgan fingerprint density at radius 1 is 1.07 bits per heavy atom. The molecule has 0 amide bonds. The van der Waals surface area contributed by atoms with Crippen LogP contribution < -0.4 is 10.1 Å². The summed E-state index contributed by atoms with van der Waals surface area (Å²) in [4.78, 5) is 17.8. The highest BCUT2D eigenvalue weighted by Gasteiger charge is 2.13. The molecule has 5 aromatic rings. The molecule has 0 spiro atoms. The molecule has 2 aromatic carbocycles. The maximum absolute atomic E-state index is 12.8. The first-order valence-electron chi connectivity index (χ1n) is 8.70. The highest BCUT2D eigenvalue weighted by molar-refractivity contribution is 9.10. The molecule has 3 heterocycles. The lowest BCUT2D eigenvalue weighted by atomic mass is 10.2. The first-order valence-corrected chi connectivity index (χ1v) is 11.1. The van der Waals surface area contributed by atoms with Crippen LogP contribution in [0, 0.1) is 0 Å². The van der Waals surface area contributed by atoms with E-state index in [1.807, 2.05) is 24.3 Å². The van der Waals surface area contributed by atoms with Gasteiger partial charge in [0.25, 0.3) is 5.56 Å². The fourth-order valence-electron chi connectivity index (χ4n) is 2.95. The van der Waals surface area contributed by atoms with Crippen molar-refractivity contribution in [3.05, 3.63) is 89.8 Å². The lowest BCUT2D eigenvalue weighted by Gasteiger charge is -2.00. The third-order valence-corrected chi connectivity index (χ3v) is 6.43. The zero-order chi connectivity index (χ0) is 20.8. The van der Waals surface area contributed by atoms with Crippen molar-refractivity contribution in [3.63, 3.8) is 0 Å². The fraction of sp³-hybridized carbons (Fsp3) is 0. The summed E-state index contributed by atoms with van der Waals surface area (Å²) in [7, 11) is 0.